The molecule has 1 aromatic heterocycles. The largest absolute Gasteiger partial charge is 0.438 e. The molecule has 0 spiro atoms. The number of hydrogen-bond acceptors (Lipinski definition) is 19. The molecule has 7 atom stereocenters. The molecule has 4 heterocycles. The van der Waals surface area contributed by atoms with Gasteiger partial charge in [0, 0.05) is 50.6 Å². The lowest BCUT2D eigenvalue weighted by Gasteiger charge is -2.35. The van der Waals surface area contributed by atoms with Crippen molar-refractivity contribution in [2.75, 3.05) is 38.2 Å². The monoisotopic (exact) mass is 1510 g/mol. The topological polar surface area (TPSA) is 340 Å². The number of allylic oxidation sites excluding steroid dienone is 1. The van der Waals surface area contributed by atoms with E-state index in [0.717, 1.165) is 62.5 Å². The minimum absolute atomic E-state index is 0.0547. The number of halogens is 2. The van der Waals surface area contributed by atoms with E-state index in [1.807, 2.05) is 94.4 Å². The van der Waals surface area contributed by atoms with Crippen molar-refractivity contribution in [2.24, 2.45) is 22.0 Å². The van der Waals surface area contributed by atoms with Gasteiger partial charge in [0.1, 0.15) is 30.8 Å². The fraction of sp³-hybridized carbons (Fsp3) is 0.506. The van der Waals surface area contributed by atoms with Crippen molar-refractivity contribution in [3.05, 3.63) is 147 Å². The molecular formula is C77H99F2N8O17PS. The van der Waals surface area contributed by atoms with Crippen LogP contribution in [-0.2, 0) is 114 Å². The summed E-state index contributed by atoms with van der Waals surface area (Å²) in [5, 5.41) is 22.3. The number of aryl methyl sites for hydroxylation is 3. The Morgan fingerprint density at radius 3 is 2.03 bits per heavy atom. The molecule has 1 unspecified atom stereocenters. The minimum Gasteiger partial charge on any atom is -0.438 e. The minimum atomic E-state index is -5.62. The first kappa shape index (κ1) is 83.0. The molecule has 0 radical (unpaired) electrons. The molecule has 0 aliphatic carbocycles. The lowest BCUT2D eigenvalue weighted by atomic mass is 9.85. The Kier molecular flexibility index (Phi) is 28.1. The Balaban J connectivity index is 0.803. The number of β-amino-alcohol motifs (C(OH)–C–C–N with tert-alkyl or cyclic N) is 1. The summed E-state index contributed by atoms with van der Waals surface area (Å²) in [4.78, 5) is 129. The van der Waals surface area contributed by atoms with E-state index in [2.05, 4.69) is 26.3 Å². The highest BCUT2D eigenvalue weighted by molar-refractivity contribution is 7.54. The molecule has 8 rings (SSSR count). The van der Waals surface area contributed by atoms with E-state index in [9.17, 15) is 52.8 Å². The molecular weight excluding hydrogens is 1410 g/mol. The number of anilines is 1. The number of likely N-dealkylation sites (tertiary alicyclic amines) is 1. The highest BCUT2D eigenvalue weighted by Crippen LogP contribution is 2.67. The SMILES string of the molecule is C/C(=C\C(=O)N[C@H]1CCc2cccc3c2N(C1=O)[C@H](C(=O)NC(CCC(N)=O)[C@@H](C)OCc1ccc(CCCCOCC(=O)N[C@H](C(=O)N2C[C@H](O)C[C@H]2C(=O)NCc2ccc(-c4scnc4C)cc2)C(C)(C)C)cc1)C3)c1ccc(C(F)(F)P(=O)(OCOC(=O)C(C)(C)C)OCOC(=O)C(C)(C)C)cc1. The third kappa shape index (κ3) is 21.8. The molecule has 3 aliphatic rings. The normalized spacial score (nSPS) is 17.9. The van der Waals surface area contributed by atoms with Crippen LogP contribution in [0.1, 0.15) is 159 Å². The van der Waals surface area contributed by atoms with Gasteiger partial charge >= 0.3 is 25.2 Å². The van der Waals surface area contributed by atoms with E-state index in [-0.39, 0.29) is 76.2 Å². The van der Waals surface area contributed by atoms with Gasteiger partial charge in [0.15, 0.2) is 0 Å². The molecule has 29 heteroatoms. The summed E-state index contributed by atoms with van der Waals surface area (Å²) in [5.74, 6) is -5.41. The smallest absolute Gasteiger partial charge is 0.410 e. The Bertz CT molecular complexity index is 4020. The van der Waals surface area contributed by atoms with Gasteiger partial charge in [0.25, 0.3) is 0 Å². The average molecular weight is 1510 g/mol. The quantitative estimate of drug-likeness (QED) is 0.00748. The summed E-state index contributed by atoms with van der Waals surface area (Å²) >= 11 is 1.55. The van der Waals surface area contributed by atoms with Crippen LogP contribution in [0.15, 0.2) is 103 Å². The van der Waals surface area contributed by atoms with Gasteiger partial charge in [-0.25, -0.2) is 4.98 Å². The van der Waals surface area contributed by atoms with E-state index in [1.165, 1.54) is 76.5 Å². The van der Waals surface area contributed by atoms with Crippen molar-refractivity contribution < 1.29 is 89.6 Å². The first-order valence-corrected chi connectivity index (χ1v) is 37.8. The maximum Gasteiger partial charge on any atom is 0.410 e. The number of amides is 7. The number of hydrogen-bond donors (Lipinski definition) is 6. The van der Waals surface area contributed by atoms with E-state index in [0.29, 0.717) is 24.9 Å². The van der Waals surface area contributed by atoms with Gasteiger partial charge < -0.3 is 56.0 Å². The van der Waals surface area contributed by atoms with Crippen LogP contribution in [0.3, 0.4) is 0 Å². The number of nitrogens with one attached hydrogen (secondary N) is 4. The summed E-state index contributed by atoms with van der Waals surface area (Å²) in [6.07, 6.45) is 2.48. The number of primary amides is 1. The zero-order chi connectivity index (χ0) is 77.6. The maximum atomic E-state index is 16.3. The van der Waals surface area contributed by atoms with Crippen molar-refractivity contribution in [3.63, 3.8) is 0 Å². The summed E-state index contributed by atoms with van der Waals surface area (Å²) in [6, 6.07) is 20.6. The Labute approximate surface area is 621 Å². The Hall–Kier alpha value is -8.63. The van der Waals surface area contributed by atoms with Crippen LogP contribution >= 0.6 is 18.9 Å². The number of benzene rings is 4. The first-order chi connectivity index (χ1) is 49.8. The van der Waals surface area contributed by atoms with Crippen molar-refractivity contribution in [1.29, 1.82) is 0 Å². The van der Waals surface area contributed by atoms with Gasteiger partial charge in [0.2, 0.25) is 54.9 Å². The number of aromatic nitrogens is 1. The van der Waals surface area contributed by atoms with Crippen LogP contribution in [0.4, 0.5) is 14.5 Å². The molecule has 5 aromatic rings. The number of ether oxygens (including phenoxy) is 4. The fourth-order valence-electron chi connectivity index (χ4n) is 12.3. The summed E-state index contributed by atoms with van der Waals surface area (Å²) in [7, 11) is -5.62. The Morgan fingerprint density at radius 1 is 0.802 bits per heavy atom. The van der Waals surface area contributed by atoms with Gasteiger partial charge in [0.05, 0.1) is 57.5 Å². The number of thiazole rings is 1. The molecule has 1 fully saturated rings. The molecule has 25 nitrogen and oxygen atoms in total. The van der Waals surface area contributed by atoms with Crippen LogP contribution < -0.4 is 31.9 Å². The number of carbonyl (C=O) groups is 9. The van der Waals surface area contributed by atoms with Crippen LogP contribution in [0.5, 0.6) is 0 Å². The van der Waals surface area contributed by atoms with Crippen molar-refractivity contribution in [2.45, 2.75) is 202 Å². The first-order valence-electron chi connectivity index (χ1n) is 35.4. The van der Waals surface area contributed by atoms with Crippen LogP contribution in [0, 0.1) is 23.2 Å². The van der Waals surface area contributed by atoms with Crippen LogP contribution in [0.2, 0.25) is 0 Å². The summed E-state index contributed by atoms with van der Waals surface area (Å²) in [5.41, 5.74) is 6.68. The Morgan fingerprint density at radius 2 is 1.42 bits per heavy atom. The number of unbranched alkanes of at least 4 members (excludes halogenated alkanes) is 1. The summed E-state index contributed by atoms with van der Waals surface area (Å²) in [6.45, 7) is 17.7. The molecule has 1 saturated heterocycles. The number of carbonyl (C=O) groups excluding carboxylic acids is 9. The van der Waals surface area contributed by atoms with Gasteiger partial charge in [-0.2, -0.15) is 8.78 Å². The van der Waals surface area contributed by atoms with Crippen molar-refractivity contribution in [1.82, 2.24) is 31.2 Å². The fourth-order valence-corrected chi connectivity index (χ4v) is 14.4. The highest BCUT2D eigenvalue weighted by atomic mass is 32.1. The molecule has 0 bridgehead atoms. The standard InChI is InChI=1S/C77H99F2N8O17PS/c1-46(52-27-30-56(31-28-52)77(78,79)105(98,103-44-101-72(96)75(7,8)9)104-45-102-73(97)76(10,11)12)36-63(90)83-59-32-29-53-17-15-18-55-37-61(87(65(53)55)70(59)94)69(93)84-58(33-34-62(80)89)48(3)100-41-51-21-19-49(20-22-51)16-13-14-35-99-42-64(91)85-67(74(4,5)6)71(95)86-40-57(88)38-60(86)68(92)81-39-50-23-25-54(26-24-50)66-47(2)82-43-106-66/h15,17-28,30-31,36,43,48,57-61,67,88H,13-14,16,29,32-35,37-42,44-45H2,1-12H3,(H2,80,89)(H,81,92)(H,83,90)(H,84,93)(H,85,91)/b46-36+/t48-,57-,58?,59+,60+,61+,67-/m1/s1. The molecule has 7 N–H and O–H groups in total. The second kappa shape index (κ2) is 35.8. The van der Waals surface area contributed by atoms with E-state index in [4.69, 9.17) is 33.7 Å². The second-order valence-corrected chi connectivity index (χ2v) is 33.1. The maximum absolute atomic E-state index is 16.3. The van der Waals surface area contributed by atoms with E-state index >= 15 is 8.78 Å². The van der Waals surface area contributed by atoms with Crippen LogP contribution in [-0.4, -0.2) is 144 Å². The third-order valence-corrected chi connectivity index (χ3v) is 21.4. The number of para-hydroxylation sites is 1. The zero-order valence-electron chi connectivity index (χ0n) is 62.2. The van der Waals surface area contributed by atoms with E-state index in [1.54, 1.807) is 23.8 Å². The van der Waals surface area contributed by atoms with Crippen molar-refractivity contribution >= 4 is 83.5 Å². The molecule has 574 valence electrons. The molecule has 4 aromatic carbocycles. The predicted octanol–water partition coefficient (Wildman–Crippen LogP) is 9.78. The second-order valence-electron chi connectivity index (χ2n) is 30.2. The van der Waals surface area contributed by atoms with E-state index < -0.39 is 144 Å². The zero-order valence-corrected chi connectivity index (χ0v) is 63.9. The predicted molar refractivity (Wildman–Crippen MR) is 393 cm³/mol. The van der Waals surface area contributed by atoms with Gasteiger partial charge in [-0.15, -0.1) is 11.3 Å². The lowest BCUT2D eigenvalue weighted by molar-refractivity contribution is -0.163. The highest BCUT2D eigenvalue weighted by Gasteiger charge is 2.56. The lowest BCUT2D eigenvalue weighted by Crippen LogP contribution is -2.58. The number of aliphatic hydroxyl groups excluding tert-OH is 1. The number of alkyl halides is 2. The summed E-state index contributed by atoms with van der Waals surface area (Å²) < 4.78 is 78.4. The molecule has 0 saturated carbocycles. The molecule has 106 heavy (non-hydrogen) atoms. The number of nitrogens with two attached hydrogens (primary N) is 1. The van der Waals surface area contributed by atoms with Gasteiger partial charge in [-0.05, 0) is 151 Å². The number of rotatable bonds is 33. The number of aliphatic hydroxyl groups is 1. The van der Waals surface area contributed by atoms with Gasteiger partial charge in [-0.3, -0.25) is 61.7 Å². The molecule has 3 aliphatic heterocycles. The third-order valence-electron chi connectivity index (χ3n) is 18.5. The number of esters is 2. The van der Waals surface area contributed by atoms with Crippen LogP contribution in [0.25, 0.3) is 16.0 Å². The van der Waals surface area contributed by atoms with Crippen molar-refractivity contribution in [3.8, 4) is 10.4 Å². The average Bonchev–Trinajstić information content (AvgIpc) is 1.56. The number of nitrogens with zero attached hydrogens (tertiary/aromatic N) is 3. The molecule has 7 amide bonds. The van der Waals surface area contributed by atoms with Gasteiger partial charge in [-0.1, -0.05) is 112 Å².